The molecule has 0 aromatic rings. The summed E-state index contributed by atoms with van der Waals surface area (Å²) >= 11 is 0. The Hall–Kier alpha value is -0.290. The van der Waals surface area contributed by atoms with Gasteiger partial charge in [0, 0.05) is 6.61 Å². The fourth-order valence-corrected chi connectivity index (χ4v) is 1.05. The van der Waals surface area contributed by atoms with E-state index in [2.05, 4.69) is 0 Å². The van der Waals surface area contributed by atoms with Gasteiger partial charge in [0.05, 0.1) is 6.54 Å². The Morgan fingerprint density at radius 3 is 2.23 bits per heavy atom. The number of rotatable bonds is 6. The third-order valence-corrected chi connectivity index (χ3v) is 1.73. The van der Waals surface area contributed by atoms with Gasteiger partial charge in [-0.05, 0) is 25.9 Å². The second kappa shape index (κ2) is 6.21. The van der Waals surface area contributed by atoms with Crippen molar-refractivity contribution in [2.75, 3.05) is 26.2 Å². The highest BCUT2D eigenvalue weighted by molar-refractivity contribution is 4.61. The monoisotopic (exact) mass is 199 g/mol. The van der Waals surface area contributed by atoms with Gasteiger partial charge in [-0.3, -0.25) is 4.90 Å². The molecule has 13 heavy (non-hydrogen) atoms. The number of aliphatic hydroxyl groups is 1. The molecule has 0 aliphatic heterocycles. The summed E-state index contributed by atoms with van der Waals surface area (Å²) in [6.07, 6.45) is -2.94. The van der Waals surface area contributed by atoms with Gasteiger partial charge in [0.25, 0.3) is 0 Å². The van der Waals surface area contributed by atoms with Crippen molar-refractivity contribution in [3.05, 3.63) is 0 Å². The lowest BCUT2D eigenvalue weighted by Crippen LogP contribution is -2.34. The van der Waals surface area contributed by atoms with Crippen LogP contribution in [0.1, 0.15) is 19.8 Å². The van der Waals surface area contributed by atoms with Gasteiger partial charge in [-0.15, -0.1) is 0 Å². The van der Waals surface area contributed by atoms with Crippen molar-refractivity contribution in [3.63, 3.8) is 0 Å². The van der Waals surface area contributed by atoms with Crippen molar-refractivity contribution in [1.82, 2.24) is 4.90 Å². The minimum Gasteiger partial charge on any atom is -0.396 e. The van der Waals surface area contributed by atoms with Gasteiger partial charge in [0.2, 0.25) is 0 Å². The minimum atomic E-state index is -4.12. The lowest BCUT2D eigenvalue weighted by molar-refractivity contribution is -0.145. The van der Waals surface area contributed by atoms with Crippen LogP contribution < -0.4 is 0 Å². The Labute approximate surface area is 76.3 Å². The average molecular weight is 199 g/mol. The highest BCUT2D eigenvalue weighted by Gasteiger charge is 2.29. The molecule has 0 aliphatic rings. The molecule has 0 radical (unpaired) electrons. The summed E-state index contributed by atoms with van der Waals surface area (Å²) < 4.78 is 35.7. The molecule has 5 heteroatoms. The van der Waals surface area contributed by atoms with E-state index < -0.39 is 12.7 Å². The van der Waals surface area contributed by atoms with Crippen LogP contribution in [-0.4, -0.2) is 42.4 Å². The first-order valence-electron chi connectivity index (χ1n) is 4.39. The van der Waals surface area contributed by atoms with Crippen LogP contribution in [0.4, 0.5) is 13.2 Å². The van der Waals surface area contributed by atoms with Gasteiger partial charge < -0.3 is 5.11 Å². The van der Waals surface area contributed by atoms with Gasteiger partial charge in [-0.2, -0.15) is 13.2 Å². The molecule has 0 aliphatic carbocycles. The second-order valence-corrected chi connectivity index (χ2v) is 2.91. The molecule has 2 nitrogen and oxygen atoms in total. The molecule has 0 spiro atoms. The summed E-state index contributed by atoms with van der Waals surface area (Å²) in [5, 5.41) is 8.44. The lowest BCUT2D eigenvalue weighted by atomic mass is 10.3. The van der Waals surface area contributed by atoms with Crippen LogP contribution >= 0.6 is 0 Å². The quantitative estimate of drug-likeness (QED) is 0.657. The molecule has 0 amide bonds. The van der Waals surface area contributed by atoms with Crippen LogP contribution in [0.5, 0.6) is 0 Å². The summed E-state index contributed by atoms with van der Waals surface area (Å²) in [5.41, 5.74) is 0. The molecule has 80 valence electrons. The third kappa shape index (κ3) is 8.05. The number of hydrogen-bond donors (Lipinski definition) is 1. The van der Waals surface area contributed by atoms with Crippen molar-refractivity contribution in [2.24, 2.45) is 0 Å². The normalized spacial score (nSPS) is 12.5. The first-order valence-corrected chi connectivity index (χ1v) is 4.39. The SMILES string of the molecule is CCN(CCCCO)CC(F)(F)F. The molecule has 0 atom stereocenters. The first-order chi connectivity index (χ1) is 5.99. The number of aliphatic hydroxyl groups excluding tert-OH is 1. The van der Waals surface area contributed by atoms with Crippen molar-refractivity contribution in [3.8, 4) is 0 Å². The maximum atomic E-state index is 11.9. The Bertz CT molecular complexity index is 127. The maximum absolute atomic E-state index is 11.9. The topological polar surface area (TPSA) is 23.5 Å². The van der Waals surface area contributed by atoms with Gasteiger partial charge in [0.15, 0.2) is 0 Å². The molecule has 0 rings (SSSR count). The molecule has 0 aromatic carbocycles. The third-order valence-electron chi connectivity index (χ3n) is 1.73. The Morgan fingerprint density at radius 2 is 1.85 bits per heavy atom. The predicted octanol–water partition coefficient (Wildman–Crippen LogP) is 1.64. The fourth-order valence-electron chi connectivity index (χ4n) is 1.05. The standard InChI is InChI=1S/C8H16F3NO/c1-2-12(5-3-4-6-13)7-8(9,10)11/h13H,2-7H2,1H3. The van der Waals surface area contributed by atoms with Gasteiger partial charge >= 0.3 is 6.18 Å². The Kier molecular flexibility index (Phi) is 6.07. The number of alkyl halides is 3. The fraction of sp³-hybridized carbons (Fsp3) is 1.00. The van der Waals surface area contributed by atoms with E-state index in [9.17, 15) is 13.2 Å². The zero-order chi connectivity index (χ0) is 10.3. The van der Waals surface area contributed by atoms with E-state index in [-0.39, 0.29) is 6.61 Å². The minimum absolute atomic E-state index is 0.0452. The van der Waals surface area contributed by atoms with Gasteiger partial charge in [-0.1, -0.05) is 6.92 Å². The molecular formula is C8H16F3NO. The number of halogens is 3. The molecule has 0 saturated heterocycles. The molecule has 0 aromatic heterocycles. The molecule has 0 saturated carbocycles. The summed E-state index contributed by atoms with van der Waals surface area (Å²) in [5.74, 6) is 0. The zero-order valence-electron chi connectivity index (χ0n) is 7.77. The molecular weight excluding hydrogens is 183 g/mol. The van der Waals surface area contributed by atoms with E-state index >= 15 is 0 Å². The molecule has 0 bridgehead atoms. The van der Waals surface area contributed by atoms with Crippen LogP contribution in [0, 0.1) is 0 Å². The number of hydrogen-bond acceptors (Lipinski definition) is 2. The number of unbranched alkanes of at least 4 members (excludes halogenated alkanes) is 1. The van der Waals surface area contributed by atoms with Crippen molar-refractivity contribution in [1.29, 1.82) is 0 Å². The zero-order valence-corrected chi connectivity index (χ0v) is 7.77. The Morgan fingerprint density at radius 1 is 1.23 bits per heavy atom. The second-order valence-electron chi connectivity index (χ2n) is 2.91. The van der Waals surface area contributed by atoms with E-state index in [1.165, 1.54) is 4.90 Å². The van der Waals surface area contributed by atoms with Gasteiger partial charge in [0.1, 0.15) is 0 Å². The van der Waals surface area contributed by atoms with Crippen LogP contribution in [0.2, 0.25) is 0 Å². The average Bonchev–Trinajstić information content (AvgIpc) is 2.01. The van der Waals surface area contributed by atoms with E-state index in [0.717, 1.165) is 0 Å². The van der Waals surface area contributed by atoms with Crippen LogP contribution in [0.3, 0.4) is 0 Å². The van der Waals surface area contributed by atoms with Crippen molar-refractivity contribution < 1.29 is 18.3 Å². The highest BCUT2D eigenvalue weighted by atomic mass is 19.4. The van der Waals surface area contributed by atoms with Crippen molar-refractivity contribution >= 4 is 0 Å². The van der Waals surface area contributed by atoms with Crippen LogP contribution in [0.15, 0.2) is 0 Å². The van der Waals surface area contributed by atoms with Crippen LogP contribution in [-0.2, 0) is 0 Å². The predicted molar refractivity (Wildman–Crippen MR) is 44.5 cm³/mol. The van der Waals surface area contributed by atoms with E-state index in [1.54, 1.807) is 6.92 Å². The summed E-state index contributed by atoms with van der Waals surface area (Å²) in [6.45, 7) is 1.69. The van der Waals surface area contributed by atoms with Gasteiger partial charge in [-0.25, -0.2) is 0 Å². The van der Waals surface area contributed by atoms with E-state index in [0.29, 0.717) is 25.9 Å². The van der Waals surface area contributed by atoms with Crippen LogP contribution in [0.25, 0.3) is 0 Å². The largest absolute Gasteiger partial charge is 0.401 e. The highest BCUT2D eigenvalue weighted by Crippen LogP contribution is 2.16. The first kappa shape index (κ1) is 12.7. The Balaban J connectivity index is 3.63. The van der Waals surface area contributed by atoms with Crippen molar-refractivity contribution in [2.45, 2.75) is 25.9 Å². The smallest absolute Gasteiger partial charge is 0.396 e. The summed E-state index contributed by atoms with van der Waals surface area (Å²) in [7, 11) is 0. The molecule has 0 unspecified atom stereocenters. The number of nitrogens with zero attached hydrogens (tertiary/aromatic N) is 1. The molecule has 0 fully saturated rings. The molecule has 0 heterocycles. The molecule has 1 N–H and O–H groups in total. The maximum Gasteiger partial charge on any atom is 0.401 e. The lowest BCUT2D eigenvalue weighted by Gasteiger charge is -2.21. The van der Waals surface area contributed by atoms with E-state index in [4.69, 9.17) is 5.11 Å². The summed E-state index contributed by atoms with van der Waals surface area (Å²) in [6, 6.07) is 0. The van der Waals surface area contributed by atoms with E-state index in [1.807, 2.05) is 0 Å². The summed E-state index contributed by atoms with van der Waals surface area (Å²) in [4.78, 5) is 1.33.